The van der Waals surface area contributed by atoms with Crippen LogP contribution in [0.1, 0.15) is 30.1 Å². The summed E-state index contributed by atoms with van der Waals surface area (Å²) in [6.45, 7) is 2.57. The first-order chi connectivity index (χ1) is 9.54. The molecule has 0 aromatic carbocycles. The number of halogens is 2. The Bertz CT molecular complexity index is 538. The van der Waals surface area contributed by atoms with E-state index in [1.165, 1.54) is 11.1 Å². The third-order valence-electron chi connectivity index (χ3n) is 3.11. The highest BCUT2D eigenvalue weighted by atomic mass is 79.9. The minimum Gasteiger partial charge on any atom is -0.464 e. The van der Waals surface area contributed by atoms with Crippen LogP contribution in [0.4, 0.5) is 0 Å². The van der Waals surface area contributed by atoms with Crippen molar-refractivity contribution in [3.05, 3.63) is 27.5 Å². The van der Waals surface area contributed by atoms with E-state index in [4.69, 9.17) is 16.3 Å². The number of aromatic nitrogens is 1. The first kappa shape index (κ1) is 15.3. The second kappa shape index (κ2) is 6.54. The predicted molar refractivity (Wildman–Crippen MR) is 77.6 cm³/mol. The van der Waals surface area contributed by atoms with Gasteiger partial charge in [0.05, 0.1) is 12.2 Å². The van der Waals surface area contributed by atoms with Crippen molar-refractivity contribution < 1.29 is 14.3 Å². The van der Waals surface area contributed by atoms with Crippen molar-refractivity contribution in [3.63, 3.8) is 0 Å². The lowest BCUT2D eigenvalue weighted by Crippen LogP contribution is -2.41. The summed E-state index contributed by atoms with van der Waals surface area (Å²) in [5, 5.41) is 0.132. The molecular formula is C13H14BrClN2O3. The zero-order chi connectivity index (χ0) is 14.7. The highest BCUT2D eigenvalue weighted by Crippen LogP contribution is 2.25. The van der Waals surface area contributed by atoms with Gasteiger partial charge >= 0.3 is 5.97 Å². The fourth-order valence-corrected chi connectivity index (χ4v) is 2.74. The fourth-order valence-electron chi connectivity index (χ4n) is 2.22. The van der Waals surface area contributed by atoms with Gasteiger partial charge < -0.3 is 9.64 Å². The molecule has 0 saturated carbocycles. The first-order valence-corrected chi connectivity index (χ1v) is 7.50. The molecule has 1 saturated heterocycles. The second-order valence-corrected chi connectivity index (χ2v) is 5.67. The van der Waals surface area contributed by atoms with E-state index in [1.807, 2.05) is 0 Å². The lowest BCUT2D eigenvalue weighted by molar-refractivity contribution is -0.147. The number of pyridine rings is 1. The standard InChI is InChI=1S/C13H14BrClN2O3/c1-2-20-13(19)10-4-3-5-17(10)12(18)9-6-8(14)7-16-11(9)15/h6-7,10H,2-5H2,1H3. The van der Waals surface area contributed by atoms with Gasteiger partial charge in [-0.2, -0.15) is 0 Å². The molecule has 108 valence electrons. The Morgan fingerprint density at radius 3 is 3.05 bits per heavy atom. The normalized spacial score (nSPS) is 18.1. The zero-order valence-corrected chi connectivity index (χ0v) is 13.3. The molecule has 0 spiro atoms. The third-order valence-corrected chi connectivity index (χ3v) is 3.84. The highest BCUT2D eigenvalue weighted by molar-refractivity contribution is 9.10. The Kier molecular flexibility index (Phi) is 4.99. The number of carbonyl (C=O) groups is 2. The highest BCUT2D eigenvalue weighted by Gasteiger charge is 2.36. The van der Waals surface area contributed by atoms with E-state index < -0.39 is 6.04 Å². The smallest absolute Gasteiger partial charge is 0.328 e. The van der Waals surface area contributed by atoms with Gasteiger partial charge in [-0.1, -0.05) is 11.6 Å². The summed E-state index contributed by atoms with van der Waals surface area (Å²) in [6, 6.07) is 1.08. The van der Waals surface area contributed by atoms with Gasteiger partial charge in [0.25, 0.3) is 5.91 Å². The van der Waals surface area contributed by atoms with Gasteiger partial charge in [-0.3, -0.25) is 4.79 Å². The largest absolute Gasteiger partial charge is 0.464 e. The number of amides is 1. The molecule has 1 aromatic rings. The molecule has 1 atom stereocenters. The van der Waals surface area contributed by atoms with Gasteiger partial charge in [0.15, 0.2) is 0 Å². The van der Waals surface area contributed by atoms with Gasteiger partial charge in [0.2, 0.25) is 0 Å². The number of rotatable bonds is 3. The van der Waals surface area contributed by atoms with Crippen LogP contribution in [0.3, 0.4) is 0 Å². The van der Waals surface area contributed by atoms with Crippen molar-refractivity contribution in [2.24, 2.45) is 0 Å². The predicted octanol–water partition coefficient (Wildman–Crippen LogP) is 2.67. The van der Waals surface area contributed by atoms with Gasteiger partial charge in [-0.25, -0.2) is 9.78 Å². The molecule has 1 aliphatic heterocycles. The quantitative estimate of drug-likeness (QED) is 0.613. The number of carbonyl (C=O) groups excluding carboxylic acids is 2. The van der Waals surface area contributed by atoms with Crippen LogP contribution in [-0.4, -0.2) is 41.0 Å². The van der Waals surface area contributed by atoms with Crippen molar-refractivity contribution in [3.8, 4) is 0 Å². The van der Waals surface area contributed by atoms with Crippen LogP contribution in [0.25, 0.3) is 0 Å². The molecule has 0 bridgehead atoms. The molecule has 0 aliphatic carbocycles. The molecule has 1 fully saturated rings. The Labute approximate surface area is 130 Å². The summed E-state index contributed by atoms with van der Waals surface area (Å²) in [6.07, 6.45) is 2.91. The van der Waals surface area contributed by atoms with Crippen molar-refractivity contribution >= 4 is 39.4 Å². The molecule has 7 heteroatoms. The lowest BCUT2D eigenvalue weighted by Gasteiger charge is -2.23. The van der Waals surface area contributed by atoms with Crippen LogP contribution in [0.2, 0.25) is 5.15 Å². The summed E-state index contributed by atoms with van der Waals surface area (Å²) in [4.78, 5) is 29.8. The van der Waals surface area contributed by atoms with E-state index in [2.05, 4.69) is 20.9 Å². The number of hydrogen-bond donors (Lipinski definition) is 0. The molecule has 1 aliphatic rings. The molecule has 1 aromatic heterocycles. The maximum Gasteiger partial charge on any atom is 0.328 e. The Hall–Kier alpha value is -1.14. The van der Waals surface area contributed by atoms with Crippen molar-refractivity contribution in [1.29, 1.82) is 0 Å². The Balaban J connectivity index is 2.23. The molecule has 2 heterocycles. The molecule has 1 unspecified atom stereocenters. The van der Waals surface area contributed by atoms with Gasteiger partial charge in [-0.05, 0) is 41.8 Å². The SMILES string of the molecule is CCOC(=O)C1CCCN1C(=O)c1cc(Br)cnc1Cl. The van der Waals surface area contributed by atoms with E-state index in [0.717, 1.165) is 6.42 Å². The molecular weight excluding hydrogens is 348 g/mol. The zero-order valence-electron chi connectivity index (χ0n) is 10.9. The summed E-state index contributed by atoms with van der Waals surface area (Å²) in [5.74, 6) is -0.656. The van der Waals surface area contributed by atoms with E-state index in [0.29, 0.717) is 24.0 Å². The van der Waals surface area contributed by atoms with Gasteiger partial charge in [-0.15, -0.1) is 0 Å². The summed E-state index contributed by atoms with van der Waals surface area (Å²) in [5.41, 5.74) is 0.289. The maximum atomic E-state index is 12.5. The average molecular weight is 362 g/mol. The molecule has 20 heavy (non-hydrogen) atoms. The van der Waals surface area contributed by atoms with Crippen LogP contribution in [-0.2, 0) is 9.53 Å². The fraction of sp³-hybridized carbons (Fsp3) is 0.462. The molecule has 0 radical (unpaired) electrons. The summed E-state index contributed by atoms with van der Waals surface area (Å²) in [7, 11) is 0. The molecule has 0 N–H and O–H groups in total. The van der Waals surface area contributed by atoms with Gasteiger partial charge in [0, 0.05) is 17.2 Å². The average Bonchev–Trinajstić information content (AvgIpc) is 2.90. The summed E-state index contributed by atoms with van der Waals surface area (Å²) < 4.78 is 5.67. The lowest BCUT2D eigenvalue weighted by atomic mass is 10.2. The number of hydrogen-bond acceptors (Lipinski definition) is 4. The molecule has 5 nitrogen and oxygen atoms in total. The van der Waals surface area contributed by atoms with E-state index in [-0.39, 0.29) is 22.6 Å². The number of esters is 1. The number of nitrogens with zero attached hydrogens (tertiary/aromatic N) is 2. The molecule has 1 amide bonds. The minimum atomic E-state index is -0.530. The van der Waals surface area contributed by atoms with E-state index in [9.17, 15) is 9.59 Å². The Morgan fingerprint density at radius 2 is 2.35 bits per heavy atom. The third kappa shape index (κ3) is 3.12. The van der Waals surface area contributed by atoms with Crippen molar-refractivity contribution in [2.75, 3.05) is 13.2 Å². The monoisotopic (exact) mass is 360 g/mol. The topological polar surface area (TPSA) is 59.5 Å². The number of ether oxygens (including phenoxy) is 1. The van der Waals surface area contributed by atoms with Gasteiger partial charge in [0.1, 0.15) is 11.2 Å². The van der Waals surface area contributed by atoms with Crippen LogP contribution in [0.5, 0.6) is 0 Å². The van der Waals surface area contributed by atoms with Crippen molar-refractivity contribution in [1.82, 2.24) is 9.88 Å². The van der Waals surface area contributed by atoms with E-state index >= 15 is 0 Å². The maximum absolute atomic E-state index is 12.5. The van der Waals surface area contributed by atoms with Crippen LogP contribution >= 0.6 is 27.5 Å². The van der Waals surface area contributed by atoms with Crippen LogP contribution < -0.4 is 0 Å². The molecule has 2 rings (SSSR count). The second-order valence-electron chi connectivity index (χ2n) is 4.40. The van der Waals surface area contributed by atoms with Crippen molar-refractivity contribution in [2.45, 2.75) is 25.8 Å². The van der Waals surface area contributed by atoms with Crippen LogP contribution in [0.15, 0.2) is 16.7 Å². The van der Waals surface area contributed by atoms with Crippen LogP contribution in [0, 0.1) is 0 Å². The van der Waals surface area contributed by atoms with E-state index in [1.54, 1.807) is 13.0 Å². The minimum absolute atomic E-state index is 0.132. The summed E-state index contributed by atoms with van der Waals surface area (Å²) >= 11 is 9.22. The Morgan fingerprint density at radius 1 is 1.60 bits per heavy atom. The number of likely N-dealkylation sites (tertiary alicyclic amines) is 1. The first-order valence-electron chi connectivity index (χ1n) is 6.33.